The fourth-order valence-electron chi connectivity index (χ4n) is 1.24. The van der Waals surface area contributed by atoms with E-state index in [4.69, 9.17) is 5.26 Å². The maximum absolute atomic E-state index is 13.1. The van der Waals surface area contributed by atoms with Gasteiger partial charge in [0.25, 0.3) is 5.92 Å². The molecule has 0 aliphatic heterocycles. The monoisotopic (exact) mass is 224 g/mol. The van der Waals surface area contributed by atoms with E-state index in [1.165, 1.54) is 24.3 Å². The van der Waals surface area contributed by atoms with Gasteiger partial charge in [-0.25, -0.2) is 8.78 Å². The Bertz CT molecular complexity index is 432. The lowest BCUT2D eigenvalue weighted by Gasteiger charge is -2.15. The molecule has 0 saturated heterocycles. The van der Waals surface area contributed by atoms with Crippen LogP contribution in [0.5, 0.6) is 0 Å². The second kappa shape index (κ2) is 4.71. The van der Waals surface area contributed by atoms with Gasteiger partial charge in [0.15, 0.2) is 0 Å². The first-order chi connectivity index (χ1) is 7.45. The molecule has 1 aromatic rings. The van der Waals surface area contributed by atoms with Crippen molar-refractivity contribution in [3.63, 3.8) is 0 Å². The Kier molecular flexibility index (Phi) is 3.56. The molecule has 0 spiro atoms. The highest BCUT2D eigenvalue weighted by atomic mass is 19.3. The number of nitrogens with zero attached hydrogens (tertiary/aromatic N) is 1. The van der Waals surface area contributed by atoms with E-state index in [1.807, 2.05) is 0 Å². The minimum atomic E-state index is -3.03. The van der Waals surface area contributed by atoms with Gasteiger partial charge in [0.1, 0.15) is 6.42 Å². The lowest BCUT2D eigenvalue weighted by atomic mass is 10.1. The smallest absolute Gasteiger partial charge is 0.272 e. The number of amides is 1. The molecule has 5 heteroatoms. The molecule has 16 heavy (non-hydrogen) atoms. The summed E-state index contributed by atoms with van der Waals surface area (Å²) in [6, 6.07) is 7.27. The Morgan fingerprint density at radius 3 is 2.69 bits per heavy atom. The van der Waals surface area contributed by atoms with E-state index < -0.39 is 11.8 Å². The van der Waals surface area contributed by atoms with E-state index in [0.717, 1.165) is 6.92 Å². The molecule has 1 aromatic carbocycles. The Morgan fingerprint density at radius 2 is 2.12 bits per heavy atom. The predicted molar refractivity (Wildman–Crippen MR) is 54.9 cm³/mol. The third kappa shape index (κ3) is 3.02. The SMILES string of the molecule is CC(F)(F)c1ccccc1NC(=O)CC#N. The zero-order chi connectivity index (χ0) is 12.2. The van der Waals surface area contributed by atoms with Crippen LogP contribution in [-0.2, 0) is 10.7 Å². The quantitative estimate of drug-likeness (QED) is 0.858. The standard InChI is InChI=1S/C11H10F2N2O/c1-11(12,13)8-4-2-3-5-9(8)15-10(16)6-7-14/h2-5H,6H2,1H3,(H,15,16). The average Bonchev–Trinajstić information content (AvgIpc) is 2.17. The summed E-state index contributed by atoms with van der Waals surface area (Å²) >= 11 is 0. The van der Waals surface area contributed by atoms with Gasteiger partial charge in [-0.2, -0.15) is 5.26 Å². The Balaban J connectivity index is 2.97. The van der Waals surface area contributed by atoms with E-state index in [2.05, 4.69) is 5.32 Å². The predicted octanol–water partition coefficient (Wildman–Crippen LogP) is 2.65. The minimum Gasteiger partial charge on any atom is -0.325 e. The van der Waals surface area contributed by atoms with Crippen molar-refractivity contribution < 1.29 is 13.6 Å². The van der Waals surface area contributed by atoms with Crippen LogP contribution in [-0.4, -0.2) is 5.91 Å². The fraction of sp³-hybridized carbons (Fsp3) is 0.273. The number of carbonyl (C=O) groups excluding carboxylic acids is 1. The summed E-state index contributed by atoms with van der Waals surface area (Å²) in [7, 11) is 0. The lowest BCUT2D eigenvalue weighted by molar-refractivity contribution is -0.115. The van der Waals surface area contributed by atoms with Crippen LogP contribution in [0.4, 0.5) is 14.5 Å². The van der Waals surface area contributed by atoms with Gasteiger partial charge in [0, 0.05) is 18.2 Å². The molecule has 0 unspecified atom stereocenters. The molecule has 0 atom stereocenters. The van der Waals surface area contributed by atoms with Gasteiger partial charge in [-0.3, -0.25) is 4.79 Å². The summed E-state index contributed by atoms with van der Waals surface area (Å²) in [4.78, 5) is 11.1. The van der Waals surface area contributed by atoms with E-state index in [1.54, 1.807) is 6.07 Å². The van der Waals surface area contributed by atoms with Gasteiger partial charge in [0.05, 0.1) is 6.07 Å². The van der Waals surface area contributed by atoms with Gasteiger partial charge in [-0.05, 0) is 6.07 Å². The molecule has 0 fully saturated rings. The molecule has 84 valence electrons. The van der Waals surface area contributed by atoms with Crippen LogP contribution in [0.15, 0.2) is 24.3 Å². The molecule has 0 saturated carbocycles. The molecule has 0 heterocycles. The highest BCUT2D eigenvalue weighted by molar-refractivity contribution is 5.92. The maximum Gasteiger partial charge on any atom is 0.272 e. The maximum atomic E-state index is 13.1. The van der Waals surface area contributed by atoms with Crippen LogP contribution in [0, 0.1) is 11.3 Å². The van der Waals surface area contributed by atoms with Crippen molar-refractivity contribution in [3.8, 4) is 6.07 Å². The number of nitrogens with one attached hydrogen (secondary N) is 1. The molecular formula is C11H10F2N2O. The van der Waals surface area contributed by atoms with E-state index >= 15 is 0 Å². The van der Waals surface area contributed by atoms with Crippen LogP contribution in [0.3, 0.4) is 0 Å². The number of benzene rings is 1. The molecule has 0 aliphatic carbocycles. The number of halogens is 2. The van der Waals surface area contributed by atoms with E-state index in [0.29, 0.717) is 0 Å². The lowest BCUT2D eigenvalue weighted by Crippen LogP contribution is -2.16. The average molecular weight is 224 g/mol. The van der Waals surface area contributed by atoms with Crippen LogP contribution in [0.2, 0.25) is 0 Å². The topological polar surface area (TPSA) is 52.9 Å². The van der Waals surface area contributed by atoms with Crippen molar-refractivity contribution in [2.24, 2.45) is 0 Å². The van der Waals surface area contributed by atoms with Crippen LogP contribution < -0.4 is 5.32 Å². The van der Waals surface area contributed by atoms with Crippen molar-refractivity contribution in [3.05, 3.63) is 29.8 Å². The first-order valence-electron chi connectivity index (χ1n) is 4.59. The number of hydrogen-bond donors (Lipinski definition) is 1. The number of alkyl halides is 2. The molecule has 0 radical (unpaired) electrons. The molecule has 3 nitrogen and oxygen atoms in total. The van der Waals surface area contributed by atoms with Gasteiger partial charge in [0.2, 0.25) is 5.91 Å². The van der Waals surface area contributed by atoms with Crippen molar-refractivity contribution in [1.82, 2.24) is 0 Å². The van der Waals surface area contributed by atoms with Crippen molar-refractivity contribution in [1.29, 1.82) is 5.26 Å². The van der Waals surface area contributed by atoms with Gasteiger partial charge in [-0.1, -0.05) is 18.2 Å². The van der Waals surface area contributed by atoms with Gasteiger partial charge < -0.3 is 5.32 Å². The Morgan fingerprint density at radius 1 is 1.50 bits per heavy atom. The number of rotatable bonds is 3. The molecule has 0 aliphatic rings. The zero-order valence-electron chi connectivity index (χ0n) is 8.63. The second-order valence-electron chi connectivity index (χ2n) is 3.32. The van der Waals surface area contributed by atoms with Gasteiger partial charge in [-0.15, -0.1) is 0 Å². The van der Waals surface area contributed by atoms with Crippen molar-refractivity contribution in [2.45, 2.75) is 19.3 Å². The molecule has 1 rings (SSSR count). The minimum absolute atomic E-state index is 0.0373. The third-order valence-electron chi connectivity index (χ3n) is 1.91. The van der Waals surface area contributed by atoms with E-state index in [-0.39, 0.29) is 17.7 Å². The first kappa shape index (κ1) is 12.1. The summed E-state index contributed by atoms with van der Waals surface area (Å²) in [5, 5.41) is 10.6. The first-order valence-corrected chi connectivity index (χ1v) is 4.59. The number of anilines is 1. The fourth-order valence-corrected chi connectivity index (χ4v) is 1.24. The normalized spacial score (nSPS) is 10.6. The zero-order valence-corrected chi connectivity index (χ0v) is 8.63. The summed E-state index contributed by atoms with van der Waals surface area (Å²) in [5.41, 5.74) is -0.225. The van der Waals surface area contributed by atoms with Crippen LogP contribution in [0.1, 0.15) is 18.9 Å². The van der Waals surface area contributed by atoms with E-state index in [9.17, 15) is 13.6 Å². The Labute approximate surface area is 91.7 Å². The van der Waals surface area contributed by atoms with Gasteiger partial charge >= 0.3 is 0 Å². The molecular weight excluding hydrogens is 214 g/mol. The highest BCUT2D eigenvalue weighted by Crippen LogP contribution is 2.32. The number of carbonyl (C=O) groups is 1. The summed E-state index contributed by atoms with van der Waals surface area (Å²) in [5.74, 6) is -3.63. The number of hydrogen-bond acceptors (Lipinski definition) is 2. The summed E-state index contributed by atoms with van der Waals surface area (Å²) in [6.07, 6.45) is -0.358. The molecule has 1 amide bonds. The molecule has 0 aromatic heterocycles. The molecule has 1 N–H and O–H groups in total. The third-order valence-corrected chi connectivity index (χ3v) is 1.91. The second-order valence-corrected chi connectivity index (χ2v) is 3.32. The van der Waals surface area contributed by atoms with Crippen molar-refractivity contribution in [2.75, 3.05) is 5.32 Å². The van der Waals surface area contributed by atoms with Crippen molar-refractivity contribution >= 4 is 11.6 Å². The summed E-state index contributed by atoms with van der Waals surface area (Å²) in [6.45, 7) is 0.752. The van der Waals surface area contributed by atoms with Crippen LogP contribution in [0.25, 0.3) is 0 Å². The highest BCUT2D eigenvalue weighted by Gasteiger charge is 2.27. The molecule has 0 bridgehead atoms. The summed E-state index contributed by atoms with van der Waals surface area (Å²) < 4.78 is 26.3. The number of nitriles is 1. The number of para-hydroxylation sites is 1. The largest absolute Gasteiger partial charge is 0.325 e. The van der Waals surface area contributed by atoms with Crippen LogP contribution >= 0.6 is 0 Å². The Hall–Kier alpha value is -1.96.